The summed E-state index contributed by atoms with van der Waals surface area (Å²) in [6, 6.07) is 2.98. The third kappa shape index (κ3) is 2.27. The minimum atomic E-state index is -0.260. The van der Waals surface area contributed by atoms with Crippen LogP contribution in [0.25, 0.3) is 0 Å². The molecule has 0 saturated heterocycles. The van der Waals surface area contributed by atoms with Crippen LogP contribution >= 0.6 is 0 Å². The van der Waals surface area contributed by atoms with Crippen molar-refractivity contribution in [2.24, 2.45) is 0 Å². The second-order valence-corrected chi connectivity index (χ2v) is 2.17. The van der Waals surface area contributed by atoms with E-state index in [4.69, 9.17) is 4.74 Å². The summed E-state index contributed by atoms with van der Waals surface area (Å²) in [6.07, 6.45) is 2.11. The molecule has 0 aromatic carbocycles. The van der Waals surface area contributed by atoms with Crippen LogP contribution in [-0.4, -0.2) is 18.7 Å². The molecular formula is C8H10FNO. The zero-order chi connectivity index (χ0) is 8.10. The lowest BCUT2D eigenvalue weighted by Crippen LogP contribution is -1.99. The monoisotopic (exact) mass is 155 g/mol. The molecule has 0 fully saturated rings. The summed E-state index contributed by atoms with van der Waals surface area (Å²) < 4.78 is 17.6. The van der Waals surface area contributed by atoms with Gasteiger partial charge in [-0.15, -0.1) is 0 Å². The van der Waals surface area contributed by atoms with E-state index in [9.17, 15) is 4.39 Å². The molecule has 1 aromatic rings. The molecule has 0 aliphatic carbocycles. The molecule has 0 aliphatic heterocycles. The summed E-state index contributed by atoms with van der Waals surface area (Å²) in [7, 11) is 1.58. The Morgan fingerprint density at radius 1 is 1.64 bits per heavy atom. The summed E-state index contributed by atoms with van der Waals surface area (Å²) >= 11 is 0. The van der Waals surface area contributed by atoms with E-state index in [1.54, 1.807) is 19.4 Å². The van der Waals surface area contributed by atoms with E-state index in [0.29, 0.717) is 18.7 Å². The smallest absolute Gasteiger partial charge is 0.144 e. The number of rotatable bonds is 3. The van der Waals surface area contributed by atoms with Crippen molar-refractivity contribution in [1.82, 2.24) is 4.98 Å². The summed E-state index contributed by atoms with van der Waals surface area (Å²) in [5.74, 6) is -0.260. The molecule has 1 aromatic heterocycles. The number of pyridine rings is 1. The van der Waals surface area contributed by atoms with Gasteiger partial charge in [0.05, 0.1) is 12.3 Å². The Labute approximate surface area is 65.0 Å². The molecule has 0 aliphatic rings. The Morgan fingerprint density at radius 3 is 3.09 bits per heavy atom. The summed E-state index contributed by atoms with van der Waals surface area (Å²) in [4.78, 5) is 3.86. The van der Waals surface area contributed by atoms with Gasteiger partial charge in [-0.1, -0.05) is 0 Å². The summed E-state index contributed by atoms with van der Waals surface area (Å²) in [5.41, 5.74) is 0.467. The highest BCUT2D eigenvalue weighted by molar-refractivity contribution is 5.06. The van der Waals surface area contributed by atoms with Crippen LogP contribution in [0.3, 0.4) is 0 Å². The fourth-order valence-electron chi connectivity index (χ4n) is 0.801. The zero-order valence-corrected chi connectivity index (χ0v) is 6.38. The molecule has 1 heterocycles. The molecule has 0 spiro atoms. The number of nitrogens with zero attached hydrogens (tertiary/aromatic N) is 1. The van der Waals surface area contributed by atoms with Crippen LogP contribution in [0.1, 0.15) is 5.69 Å². The lowest BCUT2D eigenvalue weighted by molar-refractivity contribution is 0.200. The molecule has 0 amide bonds. The highest BCUT2D eigenvalue weighted by atomic mass is 19.1. The fraction of sp³-hybridized carbons (Fsp3) is 0.375. The highest BCUT2D eigenvalue weighted by Gasteiger charge is 1.99. The number of hydrogen-bond donors (Lipinski definition) is 0. The summed E-state index contributed by atoms with van der Waals surface area (Å²) in [6.45, 7) is 0.508. The predicted molar refractivity (Wildman–Crippen MR) is 39.8 cm³/mol. The van der Waals surface area contributed by atoms with Crippen molar-refractivity contribution < 1.29 is 9.13 Å². The Kier molecular flexibility index (Phi) is 2.98. The van der Waals surface area contributed by atoms with Crippen molar-refractivity contribution in [2.45, 2.75) is 6.42 Å². The van der Waals surface area contributed by atoms with Gasteiger partial charge >= 0.3 is 0 Å². The second kappa shape index (κ2) is 4.03. The maximum Gasteiger partial charge on any atom is 0.144 e. The Hall–Kier alpha value is -0.960. The zero-order valence-electron chi connectivity index (χ0n) is 6.38. The van der Waals surface area contributed by atoms with Gasteiger partial charge in [-0.05, 0) is 12.1 Å². The van der Waals surface area contributed by atoms with E-state index >= 15 is 0 Å². The van der Waals surface area contributed by atoms with Crippen LogP contribution in [0.4, 0.5) is 4.39 Å². The van der Waals surface area contributed by atoms with Gasteiger partial charge in [-0.25, -0.2) is 4.39 Å². The van der Waals surface area contributed by atoms with Crippen LogP contribution in [0.15, 0.2) is 18.3 Å². The van der Waals surface area contributed by atoms with E-state index in [-0.39, 0.29) is 5.82 Å². The number of aromatic nitrogens is 1. The van der Waals surface area contributed by atoms with Crippen molar-refractivity contribution in [3.8, 4) is 0 Å². The van der Waals surface area contributed by atoms with Crippen LogP contribution < -0.4 is 0 Å². The van der Waals surface area contributed by atoms with Crippen LogP contribution in [0.5, 0.6) is 0 Å². The lowest BCUT2D eigenvalue weighted by Gasteiger charge is -1.99. The highest BCUT2D eigenvalue weighted by Crippen LogP contribution is 2.02. The molecule has 3 heteroatoms. The third-order valence-electron chi connectivity index (χ3n) is 1.38. The average Bonchev–Trinajstić information content (AvgIpc) is 2.03. The van der Waals surface area contributed by atoms with Crippen LogP contribution in [-0.2, 0) is 11.2 Å². The first-order valence-corrected chi connectivity index (χ1v) is 3.43. The second-order valence-electron chi connectivity index (χ2n) is 2.17. The van der Waals surface area contributed by atoms with E-state index in [0.717, 1.165) is 0 Å². The minimum Gasteiger partial charge on any atom is -0.384 e. The standard InChI is InChI=1S/C8H10FNO/c1-11-6-4-8-7(9)3-2-5-10-8/h2-3,5H,4,6H2,1H3. The van der Waals surface area contributed by atoms with Gasteiger partial charge in [-0.2, -0.15) is 0 Å². The van der Waals surface area contributed by atoms with E-state index in [1.165, 1.54) is 6.07 Å². The van der Waals surface area contributed by atoms with E-state index in [1.807, 2.05) is 0 Å². The van der Waals surface area contributed by atoms with Crippen LogP contribution in [0.2, 0.25) is 0 Å². The van der Waals surface area contributed by atoms with Crippen molar-refractivity contribution in [3.63, 3.8) is 0 Å². The molecule has 0 saturated carbocycles. The van der Waals surface area contributed by atoms with Gasteiger partial charge in [0.15, 0.2) is 0 Å². The van der Waals surface area contributed by atoms with E-state index in [2.05, 4.69) is 4.98 Å². The number of halogens is 1. The third-order valence-corrected chi connectivity index (χ3v) is 1.38. The summed E-state index contributed by atoms with van der Waals surface area (Å²) in [5, 5.41) is 0. The maximum absolute atomic E-state index is 12.8. The Morgan fingerprint density at radius 2 is 2.45 bits per heavy atom. The molecule has 0 radical (unpaired) electrons. The van der Waals surface area contributed by atoms with Crippen molar-refractivity contribution in [2.75, 3.05) is 13.7 Å². The largest absolute Gasteiger partial charge is 0.384 e. The number of methoxy groups -OCH3 is 1. The molecule has 0 bridgehead atoms. The Balaban J connectivity index is 2.62. The SMILES string of the molecule is COCCc1ncccc1F. The first-order valence-electron chi connectivity index (χ1n) is 3.43. The molecule has 60 valence electrons. The van der Waals surface area contributed by atoms with Gasteiger partial charge in [-0.3, -0.25) is 4.98 Å². The quantitative estimate of drug-likeness (QED) is 0.658. The maximum atomic E-state index is 12.8. The van der Waals surface area contributed by atoms with Gasteiger partial charge in [0, 0.05) is 19.7 Å². The molecule has 11 heavy (non-hydrogen) atoms. The molecule has 0 atom stereocenters. The minimum absolute atomic E-state index is 0.260. The Bertz CT molecular complexity index is 227. The molecule has 2 nitrogen and oxygen atoms in total. The molecule has 0 unspecified atom stereocenters. The van der Waals surface area contributed by atoms with Gasteiger partial charge in [0.1, 0.15) is 5.82 Å². The number of hydrogen-bond acceptors (Lipinski definition) is 2. The average molecular weight is 155 g/mol. The fourth-order valence-corrected chi connectivity index (χ4v) is 0.801. The van der Waals surface area contributed by atoms with E-state index < -0.39 is 0 Å². The lowest BCUT2D eigenvalue weighted by atomic mass is 10.3. The molecule has 0 N–H and O–H groups in total. The van der Waals surface area contributed by atoms with Gasteiger partial charge < -0.3 is 4.74 Å². The first kappa shape index (κ1) is 8.14. The van der Waals surface area contributed by atoms with Crippen molar-refractivity contribution in [1.29, 1.82) is 0 Å². The van der Waals surface area contributed by atoms with Crippen molar-refractivity contribution in [3.05, 3.63) is 29.8 Å². The van der Waals surface area contributed by atoms with Crippen molar-refractivity contribution >= 4 is 0 Å². The normalized spacial score (nSPS) is 10.0. The first-order chi connectivity index (χ1) is 5.34. The van der Waals surface area contributed by atoms with Crippen LogP contribution in [0, 0.1) is 5.82 Å². The topological polar surface area (TPSA) is 22.1 Å². The van der Waals surface area contributed by atoms with Gasteiger partial charge in [0.2, 0.25) is 0 Å². The predicted octanol–water partition coefficient (Wildman–Crippen LogP) is 1.41. The molecular weight excluding hydrogens is 145 g/mol. The number of ether oxygens (including phenoxy) is 1. The van der Waals surface area contributed by atoms with Gasteiger partial charge in [0.25, 0.3) is 0 Å². The molecule has 1 rings (SSSR count).